The molecule has 3 aromatic heterocycles. The van der Waals surface area contributed by atoms with Crippen LogP contribution in [0.4, 0.5) is 11.5 Å². The third kappa shape index (κ3) is 2.70. The average molecular weight is 470 g/mol. The summed E-state index contributed by atoms with van der Waals surface area (Å²) >= 11 is 8.01. The topological polar surface area (TPSA) is 120 Å². The van der Waals surface area contributed by atoms with Gasteiger partial charge in [-0.25, -0.2) is 9.97 Å². The Morgan fingerprint density at radius 3 is 2.84 bits per heavy atom. The molecule has 0 unspecified atom stereocenters. The Hall–Kier alpha value is -2.78. The predicted octanol–water partition coefficient (Wildman–Crippen LogP) is 3.31. The minimum atomic E-state index is -0.433. The van der Waals surface area contributed by atoms with Gasteiger partial charge in [0, 0.05) is 17.2 Å². The maximum absolute atomic E-state index is 13.4. The Balaban J connectivity index is 1.46. The smallest absolute Gasteiger partial charge is 0.275 e. The first-order valence-electron chi connectivity index (χ1n) is 10.7. The van der Waals surface area contributed by atoms with Crippen LogP contribution in [0.1, 0.15) is 53.0 Å². The number of nitrogens with one attached hydrogen (secondary N) is 1. The molecule has 2 aliphatic carbocycles. The van der Waals surface area contributed by atoms with Crippen molar-refractivity contribution in [2.24, 2.45) is 11.7 Å². The molecular weight excluding hydrogens is 450 g/mol. The van der Waals surface area contributed by atoms with Crippen LogP contribution in [0.5, 0.6) is 0 Å². The Morgan fingerprint density at radius 2 is 2.12 bits per heavy atom. The van der Waals surface area contributed by atoms with Crippen LogP contribution in [0.25, 0.3) is 10.2 Å². The molecule has 0 aromatic carbocycles. The lowest BCUT2D eigenvalue weighted by atomic mass is 9.75. The monoisotopic (exact) mass is 469 g/mol. The molecule has 3 aromatic rings. The molecule has 1 spiro atoms. The third-order valence-corrected chi connectivity index (χ3v) is 8.62. The molecule has 164 valence electrons. The van der Waals surface area contributed by atoms with Crippen LogP contribution < -0.4 is 16.6 Å². The number of amides is 1. The summed E-state index contributed by atoms with van der Waals surface area (Å²) in [5.41, 5.74) is 6.56. The fourth-order valence-electron chi connectivity index (χ4n) is 5.41. The number of hydrogen-bond donors (Lipinski definition) is 2. The summed E-state index contributed by atoms with van der Waals surface area (Å²) in [7, 11) is 0. The minimum absolute atomic E-state index is 0.0707. The van der Waals surface area contributed by atoms with Crippen molar-refractivity contribution >= 4 is 56.4 Å². The third-order valence-electron chi connectivity index (χ3n) is 7.17. The summed E-state index contributed by atoms with van der Waals surface area (Å²) < 4.78 is 1.61. The van der Waals surface area contributed by atoms with E-state index in [4.69, 9.17) is 17.3 Å². The molecule has 10 heteroatoms. The van der Waals surface area contributed by atoms with Gasteiger partial charge in [0.05, 0.1) is 15.9 Å². The molecule has 1 saturated carbocycles. The highest BCUT2D eigenvalue weighted by Crippen LogP contribution is 2.48. The molecular formula is C22H20ClN5O3S. The van der Waals surface area contributed by atoms with Gasteiger partial charge in [0.1, 0.15) is 28.4 Å². The van der Waals surface area contributed by atoms with Gasteiger partial charge >= 0.3 is 0 Å². The van der Waals surface area contributed by atoms with E-state index in [9.17, 15) is 14.4 Å². The molecule has 3 N–H and O–H groups in total. The fourth-order valence-corrected chi connectivity index (χ4v) is 6.97. The van der Waals surface area contributed by atoms with Crippen LogP contribution in [0.2, 0.25) is 5.02 Å². The Kier molecular flexibility index (Phi) is 4.26. The predicted molar refractivity (Wildman–Crippen MR) is 122 cm³/mol. The van der Waals surface area contributed by atoms with Gasteiger partial charge in [-0.2, -0.15) is 0 Å². The quantitative estimate of drug-likeness (QED) is 0.607. The van der Waals surface area contributed by atoms with E-state index in [-0.39, 0.29) is 28.2 Å². The number of hydrogen-bond acceptors (Lipinski definition) is 7. The first kappa shape index (κ1) is 19.9. The molecule has 4 heterocycles. The van der Waals surface area contributed by atoms with Crippen molar-refractivity contribution in [2.75, 3.05) is 5.32 Å². The summed E-state index contributed by atoms with van der Waals surface area (Å²) in [5.74, 6) is 0.0125. The van der Waals surface area contributed by atoms with Crippen LogP contribution in [0.3, 0.4) is 0 Å². The number of primary amides is 1. The van der Waals surface area contributed by atoms with Crippen LogP contribution in [-0.2, 0) is 23.2 Å². The van der Waals surface area contributed by atoms with Crippen molar-refractivity contribution in [2.45, 2.75) is 50.5 Å². The maximum Gasteiger partial charge on any atom is 0.275 e. The Labute approximate surface area is 191 Å². The highest BCUT2D eigenvalue weighted by Gasteiger charge is 2.49. The number of pyridine rings is 1. The molecule has 6 rings (SSSR count). The molecule has 0 bridgehead atoms. The molecule has 8 nitrogen and oxygen atoms in total. The van der Waals surface area contributed by atoms with E-state index in [0.29, 0.717) is 42.9 Å². The zero-order chi connectivity index (χ0) is 22.2. The molecule has 1 atom stereocenters. The Morgan fingerprint density at radius 1 is 1.31 bits per heavy atom. The van der Waals surface area contributed by atoms with E-state index in [0.717, 1.165) is 39.9 Å². The molecule has 32 heavy (non-hydrogen) atoms. The molecule has 0 saturated heterocycles. The number of aromatic nitrogens is 3. The lowest BCUT2D eigenvalue weighted by molar-refractivity contribution is -0.122. The van der Waals surface area contributed by atoms with Crippen molar-refractivity contribution in [3.8, 4) is 0 Å². The number of anilines is 2. The average Bonchev–Trinajstić information content (AvgIpc) is 3.27. The summed E-state index contributed by atoms with van der Waals surface area (Å²) in [6, 6.07) is 1.53. The van der Waals surface area contributed by atoms with E-state index >= 15 is 0 Å². The second-order valence-electron chi connectivity index (χ2n) is 8.95. The summed E-state index contributed by atoms with van der Waals surface area (Å²) in [6.45, 7) is 0. The number of nitrogens with zero attached hydrogens (tertiary/aromatic N) is 3. The number of nitrogens with two attached hydrogens (primary N) is 1. The molecule has 1 aliphatic heterocycles. The highest BCUT2D eigenvalue weighted by atomic mass is 35.5. The van der Waals surface area contributed by atoms with E-state index < -0.39 is 5.54 Å². The highest BCUT2D eigenvalue weighted by molar-refractivity contribution is 7.19. The van der Waals surface area contributed by atoms with Crippen molar-refractivity contribution in [1.29, 1.82) is 0 Å². The number of carbonyl (C=O) groups excluding carboxylic acids is 2. The standard InChI is InChI=1S/C22H20ClN5O3S/c23-12-7-13(21(31)28-17(12)14(29)8-22(28)4-1-5-22)27-19-16-11-3-2-10(18(24)30)6-15(11)32-20(16)26-9-25-19/h7,9-10H,1-6,8H2,(H2,24,30)(H,25,26,27)/t10-/m0/s1. The molecule has 0 radical (unpaired) electrons. The number of Topliss-reactive ketones (excluding diaryl/α,β-unsaturated/α-hetero) is 1. The number of thiophene rings is 1. The van der Waals surface area contributed by atoms with E-state index in [1.54, 1.807) is 4.57 Å². The summed E-state index contributed by atoms with van der Waals surface area (Å²) in [4.78, 5) is 48.4. The molecule has 1 amide bonds. The number of carbonyl (C=O) groups is 2. The van der Waals surface area contributed by atoms with E-state index in [1.807, 2.05) is 0 Å². The van der Waals surface area contributed by atoms with Gasteiger partial charge in [0.15, 0.2) is 5.78 Å². The Bertz CT molecular complexity index is 1390. The summed E-state index contributed by atoms with van der Waals surface area (Å²) in [6.07, 6.45) is 6.39. The second kappa shape index (κ2) is 6.86. The number of halogens is 1. The van der Waals surface area contributed by atoms with Crippen LogP contribution in [0.15, 0.2) is 17.2 Å². The number of fused-ring (bicyclic) bond motifs is 5. The lowest BCUT2D eigenvalue weighted by Crippen LogP contribution is -2.44. The van der Waals surface area contributed by atoms with Gasteiger partial charge in [-0.3, -0.25) is 19.0 Å². The lowest BCUT2D eigenvalue weighted by Gasteiger charge is -2.39. The number of aryl methyl sites for hydroxylation is 1. The largest absolute Gasteiger partial charge is 0.369 e. The van der Waals surface area contributed by atoms with Crippen molar-refractivity contribution in [3.63, 3.8) is 0 Å². The fraction of sp³-hybridized carbons (Fsp3) is 0.409. The minimum Gasteiger partial charge on any atom is -0.369 e. The van der Waals surface area contributed by atoms with Gasteiger partial charge in [0.2, 0.25) is 5.91 Å². The first-order valence-corrected chi connectivity index (χ1v) is 11.9. The van der Waals surface area contributed by atoms with Gasteiger partial charge in [-0.05, 0) is 50.2 Å². The SMILES string of the molecule is NC(=O)[C@H]1CCc2c(sc3ncnc(Nc4cc(Cl)c5n(c4=O)C4(CCC4)CC5=O)c23)C1. The first-order chi connectivity index (χ1) is 15.4. The van der Waals surface area contributed by atoms with Crippen LogP contribution in [-0.4, -0.2) is 26.2 Å². The normalized spacial score (nSPS) is 20.8. The van der Waals surface area contributed by atoms with E-state index in [1.165, 1.54) is 23.7 Å². The number of rotatable bonds is 3. The van der Waals surface area contributed by atoms with Gasteiger partial charge < -0.3 is 11.1 Å². The second-order valence-corrected chi connectivity index (χ2v) is 10.4. The zero-order valence-electron chi connectivity index (χ0n) is 17.1. The van der Waals surface area contributed by atoms with Crippen LogP contribution >= 0.6 is 22.9 Å². The van der Waals surface area contributed by atoms with Gasteiger partial charge in [0.25, 0.3) is 5.56 Å². The summed E-state index contributed by atoms with van der Waals surface area (Å²) in [5, 5.41) is 4.34. The number of ketones is 1. The maximum atomic E-state index is 13.4. The van der Waals surface area contributed by atoms with Gasteiger partial charge in [-0.1, -0.05) is 11.6 Å². The van der Waals surface area contributed by atoms with E-state index in [2.05, 4.69) is 15.3 Å². The van der Waals surface area contributed by atoms with Crippen LogP contribution in [0, 0.1) is 5.92 Å². The van der Waals surface area contributed by atoms with Crippen molar-refractivity contribution < 1.29 is 9.59 Å². The van der Waals surface area contributed by atoms with Gasteiger partial charge in [-0.15, -0.1) is 11.3 Å². The molecule has 3 aliphatic rings. The molecule has 1 fully saturated rings. The van der Waals surface area contributed by atoms with Crippen molar-refractivity contribution in [1.82, 2.24) is 14.5 Å². The van der Waals surface area contributed by atoms with Crippen molar-refractivity contribution in [3.05, 3.63) is 43.9 Å². The zero-order valence-corrected chi connectivity index (χ0v) is 18.7.